The standard InChI is InChI=1S/C14H20ClF2N3OS/c1-3-18-14(19-6-7-22-2)20-9-10-8-11(15)4-5-12(10)21-13(16)17/h4-5,8,13H,3,6-7,9H2,1-2H3,(H2,18,19,20). The zero-order valence-electron chi connectivity index (χ0n) is 12.5. The van der Waals surface area contributed by atoms with Crippen LogP contribution in [-0.4, -0.2) is 37.7 Å². The number of aliphatic imine (C=N–C) groups is 1. The number of hydrogen-bond acceptors (Lipinski definition) is 3. The average molecular weight is 352 g/mol. The Labute approximate surface area is 138 Å². The van der Waals surface area contributed by atoms with Crippen LogP contribution in [0, 0.1) is 0 Å². The molecular weight excluding hydrogens is 332 g/mol. The minimum absolute atomic E-state index is 0.0862. The molecule has 0 aliphatic heterocycles. The molecule has 0 aromatic heterocycles. The molecule has 1 rings (SSSR count). The number of alkyl halides is 2. The van der Waals surface area contributed by atoms with Crippen molar-refractivity contribution in [3.63, 3.8) is 0 Å². The van der Waals surface area contributed by atoms with Crippen molar-refractivity contribution in [3.8, 4) is 5.75 Å². The Hall–Kier alpha value is -1.21. The topological polar surface area (TPSA) is 45.7 Å². The number of nitrogens with one attached hydrogen (secondary N) is 2. The van der Waals surface area contributed by atoms with Crippen LogP contribution < -0.4 is 15.4 Å². The highest BCUT2D eigenvalue weighted by atomic mass is 35.5. The quantitative estimate of drug-likeness (QED) is 0.428. The number of guanidine groups is 1. The molecule has 2 N–H and O–H groups in total. The van der Waals surface area contributed by atoms with E-state index in [4.69, 9.17) is 11.6 Å². The molecule has 0 radical (unpaired) electrons. The number of benzene rings is 1. The van der Waals surface area contributed by atoms with Crippen molar-refractivity contribution in [2.45, 2.75) is 20.1 Å². The van der Waals surface area contributed by atoms with E-state index in [1.165, 1.54) is 12.1 Å². The van der Waals surface area contributed by atoms with Gasteiger partial charge in [-0.15, -0.1) is 0 Å². The van der Waals surface area contributed by atoms with E-state index < -0.39 is 6.61 Å². The van der Waals surface area contributed by atoms with Crippen LogP contribution in [0.1, 0.15) is 12.5 Å². The highest BCUT2D eigenvalue weighted by Gasteiger charge is 2.10. The first-order valence-corrected chi connectivity index (χ1v) is 8.58. The van der Waals surface area contributed by atoms with Gasteiger partial charge in [-0.3, -0.25) is 0 Å². The van der Waals surface area contributed by atoms with Crippen LogP contribution in [0.3, 0.4) is 0 Å². The first kappa shape index (κ1) is 18.8. The maximum atomic E-state index is 12.4. The van der Waals surface area contributed by atoms with Gasteiger partial charge in [0, 0.05) is 29.4 Å². The molecule has 0 unspecified atom stereocenters. The van der Waals surface area contributed by atoms with Crippen molar-refractivity contribution in [1.82, 2.24) is 10.6 Å². The fourth-order valence-corrected chi connectivity index (χ4v) is 2.16. The Morgan fingerprint density at radius 2 is 2.18 bits per heavy atom. The van der Waals surface area contributed by atoms with E-state index in [9.17, 15) is 8.78 Å². The van der Waals surface area contributed by atoms with Gasteiger partial charge in [0.1, 0.15) is 5.75 Å². The Bertz CT molecular complexity index is 489. The van der Waals surface area contributed by atoms with Gasteiger partial charge in [-0.1, -0.05) is 11.6 Å². The Kier molecular flexibility index (Phi) is 9.00. The predicted molar refractivity (Wildman–Crippen MR) is 89.3 cm³/mol. The average Bonchev–Trinajstić information content (AvgIpc) is 2.47. The van der Waals surface area contributed by atoms with Gasteiger partial charge in [0.2, 0.25) is 0 Å². The van der Waals surface area contributed by atoms with Gasteiger partial charge in [0.25, 0.3) is 0 Å². The fourth-order valence-electron chi connectivity index (χ4n) is 1.66. The van der Waals surface area contributed by atoms with Crippen molar-refractivity contribution in [1.29, 1.82) is 0 Å². The van der Waals surface area contributed by atoms with E-state index in [1.54, 1.807) is 17.8 Å². The second-order valence-electron chi connectivity index (χ2n) is 4.25. The molecule has 124 valence electrons. The predicted octanol–water partition coefficient (Wildman–Crippen LogP) is 3.36. The lowest BCUT2D eigenvalue weighted by molar-refractivity contribution is -0.0504. The summed E-state index contributed by atoms with van der Waals surface area (Å²) in [7, 11) is 0. The number of hydrogen-bond donors (Lipinski definition) is 2. The molecule has 1 aromatic rings. The first-order chi connectivity index (χ1) is 10.6. The summed E-state index contributed by atoms with van der Waals surface area (Å²) in [5, 5.41) is 6.71. The molecule has 1 aromatic carbocycles. The summed E-state index contributed by atoms with van der Waals surface area (Å²) in [5.41, 5.74) is 0.509. The summed E-state index contributed by atoms with van der Waals surface area (Å²) >= 11 is 7.63. The monoisotopic (exact) mass is 351 g/mol. The van der Waals surface area contributed by atoms with Crippen molar-refractivity contribution >= 4 is 29.3 Å². The lowest BCUT2D eigenvalue weighted by Gasteiger charge is -2.12. The van der Waals surface area contributed by atoms with E-state index in [1.807, 2.05) is 13.2 Å². The number of nitrogens with zero attached hydrogens (tertiary/aromatic N) is 1. The van der Waals surface area contributed by atoms with Crippen molar-refractivity contribution in [2.24, 2.45) is 4.99 Å². The molecule has 0 aliphatic carbocycles. The maximum Gasteiger partial charge on any atom is 0.387 e. The highest BCUT2D eigenvalue weighted by Crippen LogP contribution is 2.25. The van der Waals surface area contributed by atoms with Crippen LogP contribution in [0.4, 0.5) is 8.78 Å². The summed E-state index contributed by atoms with van der Waals surface area (Å²) in [5.74, 6) is 1.66. The van der Waals surface area contributed by atoms with E-state index in [0.717, 1.165) is 12.3 Å². The summed E-state index contributed by atoms with van der Waals surface area (Å²) in [4.78, 5) is 4.37. The Morgan fingerprint density at radius 3 is 2.82 bits per heavy atom. The largest absolute Gasteiger partial charge is 0.434 e. The van der Waals surface area contributed by atoms with Crippen molar-refractivity contribution < 1.29 is 13.5 Å². The van der Waals surface area contributed by atoms with Gasteiger partial charge in [-0.05, 0) is 31.4 Å². The van der Waals surface area contributed by atoms with Gasteiger partial charge in [0.05, 0.1) is 6.54 Å². The molecule has 4 nitrogen and oxygen atoms in total. The van der Waals surface area contributed by atoms with E-state index in [-0.39, 0.29) is 12.3 Å². The Balaban J connectivity index is 2.80. The minimum Gasteiger partial charge on any atom is -0.434 e. The zero-order valence-corrected chi connectivity index (χ0v) is 14.1. The minimum atomic E-state index is -2.88. The molecule has 0 spiro atoms. The molecule has 0 bridgehead atoms. The summed E-state index contributed by atoms with van der Waals surface area (Å²) < 4.78 is 29.3. The molecule has 0 saturated carbocycles. The third-order valence-electron chi connectivity index (χ3n) is 2.59. The number of halogens is 3. The number of rotatable bonds is 8. The maximum absolute atomic E-state index is 12.4. The molecule has 0 amide bonds. The molecule has 8 heteroatoms. The Morgan fingerprint density at radius 1 is 1.41 bits per heavy atom. The number of ether oxygens (including phenoxy) is 1. The molecule has 22 heavy (non-hydrogen) atoms. The third-order valence-corrected chi connectivity index (χ3v) is 3.44. The van der Waals surface area contributed by atoms with Crippen molar-refractivity contribution in [2.75, 3.05) is 25.1 Å². The first-order valence-electron chi connectivity index (χ1n) is 6.81. The fraction of sp³-hybridized carbons (Fsp3) is 0.500. The molecule has 0 heterocycles. The van der Waals surface area contributed by atoms with Crippen LogP contribution in [0.25, 0.3) is 0 Å². The van der Waals surface area contributed by atoms with E-state index >= 15 is 0 Å². The molecule has 0 aliphatic rings. The molecule has 0 fully saturated rings. The molecular formula is C14H20ClF2N3OS. The van der Waals surface area contributed by atoms with Crippen LogP contribution in [0.5, 0.6) is 5.75 Å². The third kappa shape index (κ3) is 7.17. The summed E-state index contributed by atoms with van der Waals surface area (Å²) in [6, 6.07) is 4.51. The summed E-state index contributed by atoms with van der Waals surface area (Å²) in [6.07, 6.45) is 2.02. The van der Waals surface area contributed by atoms with E-state index in [0.29, 0.717) is 23.1 Å². The normalized spacial score (nSPS) is 11.6. The lowest BCUT2D eigenvalue weighted by Crippen LogP contribution is -2.38. The molecule has 0 saturated heterocycles. The van der Waals surface area contributed by atoms with Gasteiger partial charge in [-0.25, -0.2) is 4.99 Å². The van der Waals surface area contributed by atoms with Gasteiger partial charge >= 0.3 is 6.61 Å². The van der Waals surface area contributed by atoms with E-state index in [2.05, 4.69) is 20.4 Å². The summed E-state index contributed by atoms with van der Waals surface area (Å²) in [6.45, 7) is 0.745. The lowest BCUT2D eigenvalue weighted by atomic mass is 10.2. The van der Waals surface area contributed by atoms with Crippen LogP contribution in [-0.2, 0) is 6.54 Å². The zero-order chi connectivity index (χ0) is 16.4. The van der Waals surface area contributed by atoms with Crippen LogP contribution in [0.15, 0.2) is 23.2 Å². The van der Waals surface area contributed by atoms with Crippen LogP contribution >= 0.6 is 23.4 Å². The van der Waals surface area contributed by atoms with Crippen molar-refractivity contribution in [3.05, 3.63) is 28.8 Å². The van der Waals surface area contributed by atoms with Gasteiger partial charge < -0.3 is 15.4 Å². The highest BCUT2D eigenvalue weighted by molar-refractivity contribution is 7.98. The second-order valence-corrected chi connectivity index (χ2v) is 5.67. The number of thioether (sulfide) groups is 1. The SMILES string of the molecule is CCNC(=NCc1cc(Cl)ccc1OC(F)F)NCCSC. The van der Waals surface area contributed by atoms with Gasteiger partial charge in [0.15, 0.2) is 5.96 Å². The van der Waals surface area contributed by atoms with Crippen LogP contribution in [0.2, 0.25) is 5.02 Å². The second kappa shape index (κ2) is 10.5. The molecule has 0 atom stereocenters. The smallest absolute Gasteiger partial charge is 0.387 e. The van der Waals surface area contributed by atoms with Gasteiger partial charge in [-0.2, -0.15) is 20.5 Å².